The van der Waals surface area contributed by atoms with Crippen LogP contribution in [0.4, 0.5) is 0 Å². The Morgan fingerprint density at radius 2 is 1.60 bits per heavy atom. The van der Waals surface area contributed by atoms with Crippen LogP contribution >= 0.6 is 0 Å². The summed E-state index contributed by atoms with van der Waals surface area (Å²) >= 11 is 0. The Hall–Kier alpha value is -1.30. The average molecular weight is 267 g/mol. The normalized spacial score (nSPS) is 11.1. The van der Waals surface area contributed by atoms with E-state index in [4.69, 9.17) is 0 Å². The van der Waals surface area contributed by atoms with Gasteiger partial charge in [-0.05, 0) is 53.6 Å². The van der Waals surface area contributed by atoms with E-state index >= 15 is 0 Å². The number of aryl methyl sites for hydroxylation is 2. The first-order valence-corrected chi connectivity index (χ1v) is 8.28. The van der Waals surface area contributed by atoms with Gasteiger partial charge in [-0.25, -0.2) is 0 Å². The topological polar surface area (TPSA) is 0 Å². The number of fused-ring (bicyclic) bond motifs is 1. The molecule has 0 heteroatoms. The third-order valence-corrected chi connectivity index (χ3v) is 4.13. The van der Waals surface area contributed by atoms with Crippen molar-refractivity contribution in [3.63, 3.8) is 0 Å². The fourth-order valence-electron chi connectivity index (χ4n) is 2.95. The monoisotopic (exact) mass is 267 g/mol. The lowest BCUT2D eigenvalue weighted by molar-refractivity contribution is 0.696. The van der Waals surface area contributed by atoms with Crippen LogP contribution in [0.15, 0.2) is 30.3 Å². The first-order valence-electron chi connectivity index (χ1n) is 8.28. The minimum atomic E-state index is 1.23. The van der Waals surface area contributed by atoms with Crippen molar-refractivity contribution >= 4 is 10.8 Å². The Labute approximate surface area is 124 Å². The zero-order valence-electron chi connectivity index (χ0n) is 13.0. The van der Waals surface area contributed by atoms with E-state index in [1.807, 2.05) is 6.07 Å². The average Bonchev–Trinajstić information content (AvgIpc) is 2.49. The molecule has 0 aliphatic carbocycles. The molecule has 1 radical (unpaired) electrons. The van der Waals surface area contributed by atoms with Gasteiger partial charge in [0.05, 0.1) is 0 Å². The first kappa shape index (κ1) is 15.1. The molecule has 0 aromatic heterocycles. The second-order valence-electron chi connectivity index (χ2n) is 5.75. The SMILES string of the molecule is CCCCCc1ccc2[c]cccc2c1CCCCC. The van der Waals surface area contributed by atoms with E-state index in [1.54, 1.807) is 11.1 Å². The van der Waals surface area contributed by atoms with Gasteiger partial charge in [0.25, 0.3) is 0 Å². The molecule has 0 aliphatic rings. The number of hydrogen-bond acceptors (Lipinski definition) is 0. The fraction of sp³-hybridized carbons (Fsp3) is 0.500. The van der Waals surface area contributed by atoms with E-state index in [1.165, 1.54) is 62.1 Å². The van der Waals surface area contributed by atoms with E-state index in [0.29, 0.717) is 0 Å². The molecule has 0 N–H and O–H groups in total. The zero-order chi connectivity index (χ0) is 14.2. The van der Waals surface area contributed by atoms with Crippen molar-refractivity contribution < 1.29 is 0 Å². The summed E-state index contributed by atoms with van der Waals surface area (Å²) in [5, 5.41) is 2.70. The molecule has 0 saturated heterocycles. The molecule has 0 aliphatic heterocycles. The predicted molar refractivity (Wildman–Crippen MR) is 89.2 cm³/mol. The van der Waals surface area contributed by atoms with Gasteiger partial charge >= 0.3 is 0 Å². The van der Waals surface area contributed by atoms with Crippen LogP contribution in [0.3, 0.4) is 0 Å². The summed E-state index contributed by atoms with van der Waals surface area (Å²) in [5.41, 5.74) is 3.16. The van der Waals surface area contributed by atoms with Gasteiger partial charge in [0.2, 0.25) is 0 Å². The predicted octanol–water partition coefficient (Wildman–Crippen LogP) is 6.11. The Morgan fingerprint density at radius 1 is 0.850 bits per heavy atom. The van der Waals surface area contributed by atoms with Gasteiger partial charge in [0.1, 0.15) is 0 Å². The lowest BCUT2D eigenvalue weighted by Crippen LogP contribution is -1.97. The van der Waals surface area contributed by atoms with E-state index in [2.05, 4.69) is 44.2 Å². The molecule has 0 spiro atoms. The smallest absolute Gasteiger partial charge is 0.00991 e. The van der Waals surface area contributed by atoms with Crippen molar-refractivity contribution in [2.75, 3.05) is 0 Å². The van der Waals surface area contributed by atoms with Gasteiger partial charge in [-0.1, -0.05) is 69.9 Å². The standard InChI is InChI=1S/C20H27/c1-3-5-7-11-17-15-16-18-12-9-10-14-20(18)19(17)13-8-6-4-2/h9-10,14-16H,3-8,11,13H2,1-2H3. The van der Waals surface area contributed by atoms with Gasteiger partial charge in [-0.15, -0.1) is 0 Å². The minimum Gasteiger partial charge on any atom is -0.0654 e. The fourth-order valence-corrected chi connectivity index (χ4v) is 2.95. The molecule has 107 valence electrons. The highest BCUT2D eigenvalue weighted by Gasteiger charge is 2.07. The number of benzene rings is 2. The van der Waals surface area contributed by atoms with Crippen molar-refractivity contribution in [2.45, 2.75) is 65.2 Å². The summed E-state index contributed by atoms with van der Waals surface area (Å²) in [5.74, 6) is 0. The second-order valence-corrected chi connectivity index (χ2v) is 5.75. The van der Waals surface area contributed by atoms with Gasteiger partial charge in [0.15, 0.2) is 0 Å². The van der Waals surface area contributed by atoms with Crippen molar-refractivity contribution in [3.05, 3.63) is 47.5 Å². The van der Waals surface area contributed by atoms with Gasteiger partial charge in [-0.3, -0.25) is 0 Å². The molecule has 0 saturated carbocycles. The third kappa shape index (κ3) is 3.85. The van der Waals surface area contributed by atoms with Gasteiger partial charge in [0, 0.05) is 0 Å². The van der Waals surface area contributed by atoms with Crippen LogP contribution in [0.5, 0.6) is 0 Å². The van der Waals surface area contributed by atoms with Gasteiger partial charge < -0.3 is 0 Å². The van der Waals surface area contributed by atoms with Crippen LogP contribution in [0.2, 0.25) is 0 Å². The van der Waals surface area contributed by atoms with Crippen molar-refractivity contribution in [2.24, 2.45) is 0 Å². The zero-order valence-corrected chi connectivity index (χ0v) is 13.0. The molecule has 0 amide bonds. The van der Waals surface area contributed by atoms with E-state index in [0.717, 1.165) is 0 Å². The summed E-state index contributed by atoms with van der Waals surface area (Å²) < 4.78 is 0. The largest absolute Gasteiger partial charge is 0.0654 e. The van der Waals surface area contributed by atoms with Crippen LogP contribution in [-0.2, 0) is 12.8 Å². The number of unbranched alkanes of at least 4 members (excludes halogenated alkanes) is 4. The van der Waals surface area contributed by atoms with Crippen LogP contribution in [0.25, 0.3) is 10.8 Å². The lowest BCUT2D eigenvalue weighted by atomic mass is 9.92. The van der Waals surface area contributed by atoms with E-state index < -0.39 is 0 Å². The molecule has 20 heavy (non-hydrogen) atoms. The number of rotatable bonds is 8. The van der Waals surface area contributed by atoms with Crippen LogP contribution < -0.4 is 0 Å². The molecule has 0 unspecified atom stereocenters. The molecular formula is C20H27. The summed E-state index contributed by atoms with van der Waals surface area (Å²) in [7, 11) is 0. The van der Waals surface area contributed by atoms with Crippen molar-refractivity contribution in [3.8, 4) is 0 Å². The molecular weight excluding hydrogens is 240 g/mol. The third-order valence-electron chi connectivity index (χ3n) is 4.13. The summed E-state index contributed by atoms with van der Waals surface area (Å²) in [4.78, 5) is 0. The number of hydrogen-bond donors (Lipinski definition) is 0. The summed E-state index contributed by atoms with van der Waals surface area (Å²) in [6.45, 7) is 4.55. The highest BCUT2D eigenvalue weighted by molar-refractivity contribution is 5.86. The Kier molecular flexibility index (Phi) is 6.11. The van der Waals surface area contributed by atoms with Crippen LogP contribution in [0, 0.1) is 6.07 Å². The van der Waals surface area contributed by atoms with Crippen molar-refractivity contribution in [1.82, 2.24) is 0 Å². The molecule has 0 atom stereocenters. The highest BCUT2D eigenvalue weighted by Crippen LogP contribution is 2.25. The first-order chi connectivity index (χ1) is 9.86. The maximum Gasteiger partial charge on any atom is -0.00991 e. The molecule has 0 fully saturated rings. The van der Waals surface area contributed by atoms with Gasteiger partial charge in [-0.2, -0.15) is 0 Å². The molecule has 2 rings (SSSR count). The molecule has 0 nitrogen and oxygen atoms in total. The summed E-state index contributed by atoms with van der Waals surface area (Å²) in [6, 6.07) is 14.4. The Bertz CT molecular complexity index is 525. The van der Waals surface area contributed by atoms with Crippen molar-refractivity contribution in [1.29, 1.82) is 0 Å². The lowest BCUT2D eigenvalue weighted by Gasteiger charge is -2.13. The maximum absolute atomic E-state index is 3.38. The Morgan fingerprint density at radius 3 is 2.35 bits per heavy atom. The molecule has 2 aromatic rings. The summed E-state index contributed by atoms with van der Waals surface area (Å²) in [6.07, 6.45) is 10.4. The molecule has 0 bridgehead atoms. The quantitative estimate of drug-likeness (QED) is 0.506. The van der Waals surface area contributed by atoms with E-state index in [9.17, 15) is 0 Å². The highest BCUT2D eigenvalue weighted by atomic mass is 14.1. The van der Waals surface area contributed by atoms with Crippen LogP contribution in [-0.4, -0.2) is 0 Å². The second kappa shape index (κ2) is 8.09. The maximum atomic E-state index is 3.38. The van der Waals surface area contributed by atoms with Crippen LogP contribution in [0.1, 0.15) is 63.5 Å². The molecule has 2 aromatic carbocycles. The molecule has 0 heterocycles. The minimum absolute atomic E-state index is 1.23. The van der Waals surface area contributed by atoms with E-state index in [-0.39, 0.29) is 0 Å². The Balaban J connectivity index is 2.26.